The van der Waals surface area contributed by atoms with Crippen LogP contribution in [0.3, 0.4) is 0 Å². The van der Waals surface area contributed by atoms with Gasteiger partial charge in [-0.1, -0.05) is 170 Å². The molecule has 262 valence electrons. The van der Waals surface area contributed by atoms with E-state index in [1.807, 2.05) is 53.8 Å². The average molecular weight is 734 g/mol. The number of fused-ring (bicyclic) bond motifs is 6. The summed E-state index contributed by atoms with van der Waals surface area (Å²) >= 11 is 1.83. The summed E-state index contributed by atoms with van der Waals surface area (Å²) in [5, 5.41) is 4.59. The van der Waals surface area contributed by atoms with Crippen LogP contribution in [0.4, 0.5) is 0 Å². The number of nitrogens with zero attached hydrogens (tertiary/aromatic N) is 3. The second-order valence-corrected chi connectivity index (χ2v) is 15.0. The van der Waals surface area contributed by atoms with Crippen molar-refractivity contribution in [3.8, 4) is 67.5 Å². The summed E-state index contributed by atoms with van der Waals surface area (Å²) in [5.74, 6) is 1.78. The van der Waals surface area contributed by atoms with Crippen LogP contribution in [0.5, 0.6) is 0 Å². The number of aromatic nitrogens is 3. The van der Waals surface area contributed by atoms with Crippen molar-refractivity contribution in [2.45, 2.75) is 0 Å². The van der Waals surface area contributed by atoms with Crippen LogP contribution in [0.1, 0.15) is 0 Å². The molecular weight excluding hydrogens is 703 g/mol. The first-order valence-electron chi connectivity index (χ1n) is 18.7. The van der Waals surface area contributed by atoms with E-state index in [1.165, 1.54) is 31.3 Å². The van der Waals surface area contributed by atoms with Gasteiger partial charge in [-0.2, -0.15) is 0 Å². The van der Waals surface area contributed by atoms with Gasteiger partial charge in [0.15, 0.2) is 17.5 Å². The third-order valence-electron chi connectivity index (χ3n) is 10.6. The number of furan rings is 1. The van der Waals surface area contributed by atoms with Crippen LogP contribution in [-0.4, -0.2) is 15.0 Å². The maximum atomic E-state index is 6.98. The van der Waals surface area contributed by atoms with Gasteiger partial charge in [-0.15, -0.1) is 11.3 Å². The Morgan fingerprint density at radius 1 is 0.321 bits per heavy atom. The Morgan fingerprint density at radius 3 is 1.45 bits per heavy atom. The third kappa shape index (κ3) is 5.48. The number of benzene rings is 8. The first-order valence-corrected chi connectivity index (χ1v) is 19.5. The molecule has 0 fully saturated rings. The van der Waals surface area contributed by atoms with Crippen LogP contribution < -0.4 is 0 Å². The number of hydrogen-bond acceptors (Lipinski definition) is 5. The highest BCUT2D eigenvalue weighted by atomic mass is 32.1. The van der Waals surface area contributed by atoms with E-state index in [9.17, 15) is 0 Å². The molecule has 0 aliphatic rings. The standard InChI is InChI=1S/C51H31N3OS/c1-4-13-32(14-5-1)34-25-27-36(28-26-34)50-52-49(35-17-8-3-9-18-35)53-51(54-50)43-24-11-20-39-38-19-10-21-40(46(38)55-47(39)43)41-22-12-23-42-44-31-37(33-15-6-2-7-16-33)29-30-45(44)56-48(41)42/h1-31H. The monoisotopic (exact) mass is 733 g/mol. The minimum Gasteiger partial charge on any atom is -0.455 e. The normalized spacial score (nSPS) is 11.6. The van der Waals surface area contributed by atoms with Crippen molar-refractivity contribution in [2.75, 3.05) is 0 Å². The molecule has 11 rings (SSSR count). The van der Waals surface area contributed by atoms with Gasteiger partial charge >= 0.3 is 0 Å². The Kier molecular flexibility index (Phi) is 7.64. The summed E-state index contributed by atoms with van der Waals surface area (Å²) < 4.78 is 9.49. The minimum absolute atomic E-state index is 0.563. The van der Waals surface area contributed by atoms with Crippen molar-refractivity contribution in [1.82, 2.24) is 15.0 Å². The van der Waals surface area contributed by atoms with E-state index < -0.39 is 0 Å². The fourth-order valence-corrected chi connectivity index (χ4v) is 9.02. The van der Waals surface area contributed by atoms with E-state index in [1.54, 1.807) is 0 Å². The topological polar surface area (TPSA) is 51.8 Å². The predicted molar refractivity (Wildman–Crippen MR) is 233 cm³/mol. The molecule has 0 bridgehead atoms. The second-order valence-electron chi connectivity index (χ2n) is 13.9. The number of rotatable bonds is 6. The summed E-state index contributed by atoms with van der Waals surface area (Å²) in [6.07, 6.45) is 0. The molecule has 11 aromatic rings. The molecule has 0 spiro atoms. The molecule has 0 N–H and O–H groups in total. The van der Waals surface area contributed by atoms with Crippen LogP contribution in [0.15, 0.2) is 192 Å². The van der Waals surface area contributed by atoms with Crippen LogP contribution in [0.25, 0.3) is 110 Å². The van der Waals surface area contributed by atoms with Gasteiger partial charge in [0.2, 0.25) is 0 Å². The molecule has 0 saturated heterocycles. The molecule has 4 nitrogen and oxygen atoms in total. The molecule has 0 radical (unpaired) electrons. The van der Waals surface area contributed by atoms with Crippen LogP contribution >= 0.6 is 11.3 Å². The summed E-state index contributed by atoms with van der Waals surface area (Å²) in [7, 11) is 0. The van der Waals surface area contributed by atoms with Gasteiger partial charge in [-0.05, 0) is 40.5 Å². The molecule has 0 aliphatic heterocycles. The Hall–Kier alpha value is -7.21. The molecule has 0 saturated carbocycles. The largest absolute Gasteiger partial charge is 0.455 e. The fraction of sp³-hybridized carbons (Fsp3) is 0. The van der Waals surface area contributed by atoms with E-state index in [-0.39, 0.29) is 0 Å². The molecule has 0 atom stereocenters. The summed E-state index contributed by atoms with van der Waals surface area (Å²) in [6, 6.07) is 65.6. The van der Waals surface area contributed by atoms with Crippen molar-refractivity contribution in [3.63, 3.8) is 0 Å². The van der Waals surface area contributed by atoms with Crippen molar-refractivity contribution in [1.29, 1.82) is 0 Å². The number of thiophene rings is 1. The maximum Gasteiger partial charge on any atom is 0.167 e. The predicted octanol–water partition coefficient (Wildman–Crippen LogP) is 14.1. The molecule has 8 aromatic carbocycles. The zero-order valence-corrected chi connectivity index (χ0v) is 30.9. The first kappa shape index (κ1) is 32.2. The van der Waals surface area contributed by atoms with Crippen molar-refractivity contribution in [2.24, 2.45) is 0 Å². The fourth-order valence-electron chi connectivity index (χ4n) is 7.81. The Labute approximate surface area is 327 Å². The lowest BCUT2D eigenvalue weighted by atomic mass is 9.99. The van der Waals surface area contributed by atoms with Crippen LogP contribution in [-0.2, 0) is 0 Å². The lowest BCUT2D eigenvalue weighted by Gasteiger charge is -2.09. The Balaban J connectivity index is 1.07. The lowest BCUT2D eigenvalue weighted by molar-refractivity contribution is 0.670. The van der Waals surface area contributed by atoms with E-state index in [0.29, 0.717) is 17.5 Å². The molecular formula is C51H31N3OS. The second kappa shape index (κ2) is 13.3. The molecule has 3 aromatic heterocycles. The van der Waals surface area contributed by atoms with Gasteiger partial charge in [-0.25, -0.2) is 15.0 Å². The van der Waals surface area contributed by atoms with Gasteiger partial charge in [0, 0.05) is 53.2 Å². The van der Waals surface area contributed by atoms with Gasteiger partial charge in [0.05, 0.1) is 5.56 Å². The van der Waals surface area contributed by atoms with Gasteiger partial charge in [-0.3, -0.25) is 0 Å². The quantitative estimate of drug-likeness (QED) is 0.171. The van der Waals surface area contributed by atoms with Crippen LogP contribution in [0.2, 0.25) is 0 Å². The molecule has 56 heavy (non-hydrogen) atoms. The molecule has 0 aliphatic carbocycles. The van der Waals surface area contributed by atoms with Gasteiger partial charge < -0.3 is 4.42 Å². The average Bonchev–Trinajstić information content (AvgIpc) is 3.86. The highest BCUT2D eigenvalue weighted by molar-refractivity contribution is 7.26. The Morgan fingerprint density at radius 2 is 0.786 bits per heavy atom. The summed E-state index contributed by atoms with van der Waals surface area (Å²) in [4.78, 5) is 15.2. The van der Waals surface area contributed by atoms with Crippen LogP contribution in [0, 0.1) is 0 Å². The molecule has 3 heterocycles. The number of para-hydroxylation sites is 2. The lowest BCUT2D eigenvalue weighted by Crippen LogP contribution is -2.00. The molecule has 0 amide bonds. The van der Waals surface area contributed by atoms with Crippen molar-refractivity contribution in [3.05, 3.63) is 188 Å². The highest BCUT2D eigenvalue weighted by Crippen LogP contribution is 2.45. The minimum atomic E-state index is 0.563. The number of hydrogen-bond donors (Lipinski definition) is 0. The van der Waals surface area contributed by atoms with Gasteiger partial charge in [0.1, 0.15) is 11.2 Å². The maximum absolute atomic E-state index is 6.98. The van der Waals surface area contributed by atoms with Crippen molar-refractivity contribution >= 4 is 53.4 Å². The first-order chi connectivity index (χ1) is 27.7. The van der Waals surface area contributed by atoms with Gasteiger partial charge in [0.25, 0.3) is 0 Å². The van der Waals surface area contributed by atoms with E-state index in [0.717, 1.165) is 60.9 Å². The van der Waals surface area contributed by atoms with E-state index in [2.05, 4.69) is 146 Å². The smallest absolute Gasteiger partial charge is 0.167 e. The Bertz CT molecular complexity index is 3230. The van der Waals surface area contributed by atoms with E-state index in [4.69, 9.17) is 19.4 Å². The summed E-state index contributed by atoms with van der Waals surface area (Å²) in [6.45, 7) is 0. The zero-order valence-electron chi connectivity index (χ0n) is 30.1. The summed E-state index contributed by atoms with van der Waals surface area (Å²) in [5.41, 5.74) is 11.2. The SMILES string of the molecule is c1ccc(-c2ccc(-c3nc(-c4ccccc4)nc(-c4cccc5c4oc4c(-c6cccc7c6sc6ccc(-c8ccccc8)cc67)cccc45)n3)cc2)cc1. The molecule has 0 unspecified atom stereocenters. The van der Waals surface area contributed by atoms with E-state index >= 15 is 0 Å². The van der Waals surface area contributed by atoms with Crippen molar-refractivity contribution < 1.29 is 4.42 Å². The zero-order chi connectivity index (χ0) is 37.0. The third-order valence-corrected chi connectivity index (χ3v) is 11.8. The highest BCUT2D eigenvalue weighted by Gasteiger charge is 2.21. The molecule has 5 heteroatoms.